The molecule has 0 atom stereocenters. The van der Waals surface area contributed by atoms with Crippen molar-refractivity contribution < 1.29 is 17.9 Å². The number of ether oxygens (including phenoxy) is 1. The minimum absolute atomic E-state index is 0.116. The summed E-state index contributed by atoms with van der Waals surface area (Å²) in [7, 11) is -3.41. The van der Waals surface area contributed by atoms with E-state index in [4.69, 9.17) is 10.00 Å². The van der Waals surface area contributed by atoms with E-state index in [1.807, 2.05) is 11.0 Å². The van der Waals surface area contributed by atoms with Gasteiger partial charge in [0.25, 0.3) is 0 Å². The van der Waals surface area contributed by atoms with Crippen LogP contribution in [0.15, 0.2) is 0 Å². The average molecular weight is 289 g/mol. The summed E-state index contributed by atoms with van der Waals surface area (Å²) in [6.45, 7) is 4.08. The van der Waals surface area contributed by atoms with Crippen molar-refractivity contribution in [3.05, 3.63) is 0 Å². The minimum atomic E-state index is -3.41. The zero-order chi connectivity index (χ0) is 14.3. The first kappa shape index (κ1) is 15.9. The normalized spacial score (nSPS) is 17.9. The van der Waals surface area contributed by atoms with E-state index in [9.17, 15) is 13.2 Å². The monoisotopic (exact) mass is 289 g/mol. The van der Waals surface area contributed by atoms with E-state index >= 15 is 0 Å². The Morgan fingerprint density at radius 1 is 1.32 bits per heavy atom. The first-order valence-corrected chi connectivity index (χ1v) is 7.83. The standard InChI is InChI=1S/C11H19N3O4S/c1-2-18-11(15)3-10-19(16,17)14-8-6-13(5-4-12)7-9-14/h2-3,5-10H2,1H3. The summed E-state index contributed by atoms with van der Waals surface area (Å²) in [6.07, 6.45) is -0.116. The molecule has 1 aliphatic heterocycles. The number of piperazine rings is 1. The highest BCUT2D eigenvalue weighted by atomic mass is 32.2. The summed E-state index contributed by atoms with van der Waals surface area (Å²) in [6, 6.07) is 2.04. The van der Waals surface area contributed by atoms with Crippen molar-refractivity contribution in [3.63, 3.8) is 0 Å². The lowest BCUT2D eigenvalue weighted by Gasteiger charge is -2.32. The van der Waals surface area contributed by atoms with Gasteiger partial charge in [-0.05, 0) is 6.92 Å². The van der Waals surface area contributed by atoms with Gasteiger partial charge in [-0.25, -0.2) is 8.42 Å². The van der Waals surface area contributed by atoms with Crippen molar-refractivity contribution in [1.82, 2.24) is 9.21 Å². The maximum atomic E-state index is 12.0. The number of esters is 1. The van der Waals surface area contributed by atoms with Crippen LogP contribution in [-0.4, -0.2) is 68.7 Å². The van der Waals surface area contributed by atoms with Crippen molar-refractivity contribution in [2.75, 3.05) is 45.1 Å². The Morgan fingerprint density at radius 2 is 1.95 bits per heavy atom. The van der Waals surface area contributed by atoms with Gasteiger partial charge in [-0.15, -0.1) is 0 Å². The number of hydrogen-bond acceptors (Lipinski definition) is 6. The lowest BCUT2D eigenvalue weighted by molar-refractivity contribution is -0.142. The fourth-order valence-corrected chi connectivity index (χ4v) is 3.24. The van der Waals surface area contributed by atoms with Crippen LogP contribution in [-0.2, 0) is 19.6 Å². The van der Waals surface area contributed by atoms with Crippen molar-refractivity contribution in [1.29, 1.82) is 5.26 Å². The number of carbonyl (C=O) groups excluding carboxylic acids is 1. The van der Waals surface area contributed by atoms with Crippen LogP contribution in [0.1, 0.15) is 13.3 Å². The van der Waals surface area contributed by atoms with Gasteiger partial charge in [0.2, 0.25) is 10.0 Å². The summed E-state index contributed by atoms with van der Waals surface area (Å²) in [5.41, 5.74) is 0. The molecule has 1 aliphatic rings. The van der Waals surface area contributed by atoms with Gasteiger partial charge in [0.15, 0.2) is 0 Å². The van der Waals surface area contributed by atoms with E-state index in [1.165, 1.54) is 4.31 Å². The highest BCUT2D eigenvalue weighted by Gasteiger charge is 2.27. The third kappa shape index (κ3) is 5.14. The first-order chi connectivity index (χ1) is 8.99. The molecule has 108 valence electrons. The van der Waals surface area contributed by atoms with Gasteiger partial charge in [0.1, 0.15) is 0 Å². The molecular weight excluding hydrogens is 270 g/mol. The third-order valence-electron chi connectivity index (χ3n) is 2.89. The van der Waals surface area contributed by atoms with Crippen LogP contribution in [0.5, 0.6) is 0 Å². The average Bonchev–Trinajstić information content (AvgIpc) is 2.38. The van der Waals surface area contributed by atoms with Crippen LogP contribution in [0.4, 0.5) is 0 Å². The molecule has 0 amide bonds. The molecule has 0 aromatic rings. The van der Waals surface area contributed by atoms with Gasteiger partial charge < -0.3 is 4.74 Å². The lowest BCUT2D eigenvalue weighted by Crippen LogP contribution is -2.49. The summed E-state index contributed by atoms with van der Waals surface area (Å²) < 4.78 is 30.1. The van der Waals surface area contributed by atoms with Crippen LogP contribution in [0.2, 0.25) is 0 Å². The number of nitriles is 1. The highest BCUT2D eigenvalue weighted by molar-refractivity contribution is 7.89. The van der Waals surface area contributed by atoms with Gasteiger partial charge in [-0.1, -0.05) is 0 Å². The molecule has 8 heteroatoms. The van der Waals surface area contributed by atoms with E-state index in [1.54, 1.807) is 6.92 Å². The summed E-state index contributed by atoms with van der Waals surface area (Å²) in [5, 5.41) is 8.57. The summed E-state index contributed by atoms with van der Waals surface area (Å²) in [5.74, 6) is -0.710. The molecule has 0 N–H and O–H groups in total. The van der Waals surface area contributed by atoms with Gasteiger partial charge in [0, 0.05) is 26.2 Å². The molecule has 0 radical (unpaired) electrons. The molecule has 1 rings (SSSR count). The van der Waals surface area contributed by atoms with E-state index < -0.39 is 16.0 Å². The highest BCUT2D eigenvalue weighted by Crippen LogP contribution is 2.09. The second-order valence-electron chi connectivity index (χ2n) is 4.20. The van der Waals surface area contributed by atoms with Crippen LogP contribution in [0, 0.1) is 11.3 Å². The largest absolute Gasteiger partial charge is 0.466 e. The zero-order valence-electron chi connectivity index (χ0n) is 11.0. The predicted molar refractivity (Wildman–Crippen MR) is 68.7 cm³/mol. The van der Waals surface area contributed by atoms with Crippen LogP contribution < -0.4 is 0 Å². The molecule has 0 aromatic carbocycles. The topological polar surface area (TPSA) is 90.7 Å². The molecule has 0 bridgehead atoms. The van der Waals surface area contributed by atoms with Gasteiger partial charge >= 0.3 is 5.97 Å². The van der Waals surface area contributed by atoms with Crippen LogP contribution in [0.25, 0.3) is 0 Å². The molecule has 1 fully saturated rings. The molecule has 0 aliphatic carbocycles. The Balaban J connectivity index is 2.42. The third-order valence-corrected chi connectivity index (χ3v) is 4.76. The molecule has 19 heavy (non-hydrogen) atoms. The molecule has 0 spiro atoms. The number of hydrogen-bond donors (Lipinski definition) is 0. The van der Waals surface area contributed by atoms with E-state index in [0.717, 1.165) is 0 Å². The number of carbonyl (C=O) groups is 1. The molecule has 0 saturated carbocycles. The van der Waals surface area contributed by atoms with Crippen LogP contribution >= 0.6 is 0 Å². The summed E-state index contributed by atoms with van der Waals surface area (Å²) in [4.78, 5) is 13.1. The molecule has 7 nitrogen and oxygen atoms in total. The molecule has 0 unspecified atom stereocenters. The predicted octanol–water partition coefficient (Wildman–Crippen LogP) is -0.589. The number of nitrogens with zero attached hydrogens (tertiary/aromatic N) is 3. The smallest absolute Gasteiger partial charge is 0.306 e. The Kier molecular flexibility index (Phi) is 6.21. The fourth-order valence-electron chi connectivity index (χ4n) is 1.84. The van der Waals surface area contributed by atoms with E-state index in [-0.39, 0.29) is 18.8 Å². The van der Waals surface area contributed by atoms with Crippen molar-refractivity contribution in [3.8, 4) is 6.07 Å². The van der Waals surface area contributed by atoms with Gasteiger partial charge in [0.05, 0.1) is 31.4 Å². The lowest BCUT2D eigenvalue weighted by atomic mass is 10.4. The van der Waals surface area contributed by atoms with Crippen molar-refractivity contribution >= 4 is 16.0 Å². The first-order valence-electron chi connectivity index (χ1n) is 6.22. The quantitative estimate of drug-likeness (QED) is 0.479. The SMILES string of the molecule is CCOC(=O)CCS(=O)(=O)N1CCN(CC#N)CC1. The molecule has 1 heterocycles. The number of rotatable bonds is 6. The molecule has 0 aromatic heterocycles. The van der Waals surface area contributed by atoms with Crippen molar-refractivity contribution in [2.24, 2.45) is 0 Å². The minimum Gasteiger partial charge on any atom is -0.466 e. The van der Waals surface area contributed by atoms with Gasteiger partial charge in [-0.3, -0.25) is 9.69 Å². The van der Waals surface area contributed by atoms with Crippen molar-refractivity contribution in [2.45, 2.75) is 13.3 Å². The molecule has 1 saturated heterocycles. The molecular formula is C11H19N3O4S. The Bertz CT molecular complexity index is 435. The fraction of sp³-hybridized carbons (Fsp3) is 0.818. The maximum Gasteiger partial charge on any atom is 0.306 e. The Labute approximate surface area is 113 Å². The number of sulfonamides is 1. The Hall–Kier alpha value is -1.17. The van der Waals surface area contributed by atoms with E-state index in [0.29, 0.717) is 32.7 Å². The summed E-state index contributed by atoms with van der Waals surface area (Å²) >= 11 is 0. The second-order valence-corrected chi connectivity index (χ2v) is 6.29. The second kappa shape index (κ2) is 7.43. The van der Waals surface area contributed by atoms with Gasteiger partial charge in [-0.2, -0.15) is 9.57 Å². The van der Waals surface area contributed by atoms with E-state index in [2.05, 4.69) is 0 Å². The van der Waals surface area contributed by atoms with Crippen LogP contribution in [0.3, 0.4) is 0 Å². The maximum absolute atomic E-state index is 12.0. The Morgan fingerprint density at radius 3 is 2.47 bits per heavy atom. The zero-order valence-corrected chi connectivity index (χ0v) is 11.9.